The fraction of sp³-hybridized carbons (Fsp3) is 0.100. The van der Waals surface area contributed by atoms with Gasteiger partial charge in [0.05, 0.1) is 6.61 Å². The van der Waals surface area contributed by atoms with Crippen LogP contribution in [-0.2, 0) is 11.3 Å². The van der Waals surface area contributed by atoms with Gasteiger partial charge in [-0.3, -0.25) is 0 Å². The summed E-state index contributed by atoms with van der Waals surface area (Å²) in [6.45, 7) is 0.446. The van der Waals surface area contributed by atoms with Gasteiger partial charge in [0.25, 0.3) is 0 Å². The Balaban J connectivity index is 1.93. The predicted molar refractivity (Wildman–Crippen MR) is 87.1 cm³/mol. The lowest BCUT2D eigenvalue weighted by Crippen LogP contribution is -1.97. The van der Waals surface area contributed by atoms with Gasteiger partial charge in [-0.15, -0.1) is 0 Å². The van der Waals surface area contributed by atoms with Gasteiger partial charge in [0.1, 0.15) is 0 Å². The summed E-state index contributed by atoms with van der Waals surface area (Å²) in [5.41, 5.74) is 6.40. The number of aliphatic hydroxyl groups excluding tert-OH is 1. The summed E-state index contributed by atoms with van der Waals surface area (Å²) in [4.78, 5) is 0. The van der Waals surface area contributed by atoms with Crippen molar-refractivity contribution >= 4 is 0 Å². The fourth-order valence-electron chi connectivity index (χ4n) is 3.11. The van der Waals surface area contributed by atoms with Gasteiger partial charge in [-0.25, -0.2) is 0 Å². The Bertz CT molecular complexity index is 795. The molecule has 3 aromatic carbocycles. The molecule has 1 atom stereocenters. The highest BCUT2D eigenvalue weighted by atomic mass is 16.6. The van der Waals surface area contributed by atoms with E-state index >= 15 is 0 Å². The fourth-order valence-corrected chi connectivity index (χ4v) is 3.11. The first-order chi connectivity index (χ1) is 10.8. The molecule has 0 radical (unpaired) electrons. The Morgan fingerprint density at radius 1 is 0.727 bits per heavy atom. The van der Waals surface area contributed by atoms with E-state index in [4.69, 9.17) is 4.74 Å². The molecule has 3 aromatic rings. The van der Waals surface area contributed by atoms with Gasteiger partial charge < -0.3 is 9.84 Å². The van der Waals surface area contributed by atoms with Crippen LogP contribution in [0.15, 0.2) is 72.8 Å². The maximum Gasteiger partial charge on any atom is 0.182 e. The van der Waals surface area contributed by atoms with Crippen molar-refractivity contribution in [3.63, 3.8) is 0 Å². The topological polar surface area (TPSA) is 29.5 Å². The first kappa shape index (κ1) is 13.3. The Morgan fingerprint density at radius 2 is 1.27 bits per heavy atom. The summed E-state index contributed by atoms with van der Waals surface area (Å²) < 4.78 is 5.50. The van der Waals surface area contributed by atoms with Crippen molar-refractivity contribution in [1.82, 2.24) is 0 Å². The Hall–Kier alpha value is -2.42. The Morgan fingerprint density at radius 3 is 1.91 bits per heavy atom. The van der Waals surface area contributed by atoms with Crippen molar-refractivity contribution in [2.45, 2.75) is 12.9 Å². The monoisotopic (exact) mass is 288 g/mol. The molecule has 0 aliphatic carbocycles. The number of hydrogen-bond acceptors (Lipinski definition) is 2. The molecule has 22 heavy (non-hydrogen) atoms. The summed E-state index contributed by atoms with van der Waals surface area (Å²) in [5, 5.41) is 10.3. The normalized spacial score (nSPS) is 16.5. The molecular weight excluding hydrogens is 272 g/mol. The number of ether oxygens (including phenoxy) is 1. The first-order valence-electron chi connectivity index (χ1n) is 7.41. The smallest absolute Gasteiger partial charge is 0.182 e. The number of benzene rings is 3. The molecule has 1 N–H and O–H groups in total. The molecule has 1 aliphatic rings. The van der Waals surface area contributed by atoms with Crippen molar-refractivity contribution in [2.75, 3.05) is 0 Å². The van der Waals surface area contributed by atoms with E-state index in [1.807, 2.05) is 36.4 Å². The highest BCUT2D eigenvalue weighted by Gasteiger charge is 2.27. The number of hydrogen-bond donors (Lipinski definition) is 1. The van der Waals surface area contributed by atoms with E-state index in [-0.39, 0.29) is 0 Å². The average Bonchev–Trinajstić information content (AvgIpc) is 2.98. The lowest BCUT2D eigenvalue weighted by molar-refractivity contribution is -0.0915. The number of aliphatic hydroxyl groups is 1. The van der Waals surface area contributed by atoms with E-state index in [9.17, 15) is 5.11 Å². The lowest BCUT2D eigenvalue weighted by atomic mass is 9.90. The van der Waals surface area contributed by atoms with Gasteiger partial charge >= 0.3 is 0 Å². The minimum absolute atomic E-state index is 0.446. The Kier molecular flexibility index (Phi) is 3.26. The van der Waals surface area contributed by atoms with E-state index in [1.165, 1.54) is 0 Å². The van der Waals surface area contributed by atoms with Crippen LogP contribution in [0.3, 0.4) is 0 Å². The second-order valence-electron chi connectivity index (χ2n) is 5.45. The zero-order chi connectivity index (χ0) is 14.9. The van der Waals surface area contributed by atoms with Gasteiger partial charge in [-0.05, 0) is 27.8 Å². The molecule has 0 spiro atoms. The SMILES string of the molecule is O[C@H]1OCc2c(-c3ccccc3)ccc(-c3ccccc3)c21. The van der Waals surface area contributed by atoms with Crippen LogP contribution in [0.5, 0.6) is 0 Å². The van der Waals surface area contributed by atoms with E-state index in [0.717, 1.165) is 33.4 Å². The van der Waals surface area contributed by atoms with E-state index < -0.39 is 6.29 Å². The molecule has 0 amide bonds. The second kappa shape index (κ2) is 5.41. The summed E-state index contributed by atoms with van der Waals surface area (Å²) in [6.07, 6.45) is -0.853. The third-order valence-corrected chi connectivity index (χ3v) is 4.16. The van der Waals surface area contributed by atoms with Crippen LogP contribution >= 0.6 is 0 Å². The summed E-state index contributed by atoms with van der Waals surface area (Å²) >= 11 is 0. The predicted octanol–water partition coefficient (Wildman–Crippen LogP) is 4.54. The van der Waals surface area contributed by atoms with Crippen molar-refractivity contribution < 1.29 is 9.84 Å². The van der Waals surface area contributed by atoms with Crippen LogP contribution in [0.2, 0.25) is 0 Å². The zero-order valence-corrected chi connectivity index (χ0v) is 12.1. The van der Waals surface area contributed by atoms with Crippen LogP contribution in [0.1, 0.15) is 17.4 Å². The van der Waals surface area contributed by atoms with Crippen LogP contribution in [0, 0.1) is 0 Å². The summed E-state index contributed by atoms with van der Waals surface area (Å²) in [6, 6.07) is 24.6. The quantitative estimate of drug-likeness (QED) is 0.750. The van der Waals surface area contributed by atoms with Crippen molar-refractivity contribution in [3.05, 3.63) is 83.9 Å². The average molecular weight is 288 g/mol. The van der Waals surface area contributed by atoms with Gasteiger partial charge in [0, 0.05) is 5.56 Å². The van der Waals surface area contributed by atoms with Crippen molar-refractivity contribution in [1.29, 1.82) is 0 Å². The molecule has 1 aliphatic heterocycles. The highest BCUT2D eigenvalue weighted by Crippen LogP contribution is 2.41. The molecular formula is C20H16O2. The zero-order valence-electron chi connectivity index (χ0n) is 12.1. The second-order valence-corrected chi connectivity index (χ2v) is 5.45. The minimum Gasteiger partial charge on any atom is -0.364 e. The van der Waals surface area contributed by atoms with Crippen molar-refractivity contribution in [2.24, 2.45) is 0 Å². The first-order valence-corrected chi connectivity index (χ1v) is 7.41. The number of fused-ring (bicyclic) bond motifs is 1. The molecule has 0 bridgehead atoms. The molecule has 2 nitrogen and oxygen atoms in total. The number of rotatable bonds is 2. The van der Waals surface area contributed by atoms with E-state index in [2.05, 4.69) is 36.4 Å². The van der Waals surface area contributed by atoms with E-state index in [1.54, 1.807) is 0 Å². The van der Waals surface area contributed by atoms with Gasteiger partial charge in [0.2, 0.25) is 0 Å². The molecule has 2 heteroatoms. The molecule has 0 saturated heterocycles. The summed E-state index contributed by atoms with van der Waals surface area (Å²) in [5.74, 6) is 0. The van der Waals surface area contributed by atoms with Gasteiger partial charge in [-0.1, -0.05) is 72.8 Å². The van der Waals surface area contributed by atoms with Crippen LogP contribution < -0.4 is 0 Å². The highest BCUT2D eigenvalue weighted by molar-refractivity contribution is 5.78. The molecule has 0 aromatic heterocycles. The third-order valence-electron chi connectivity index (χ3n) is 4.16. The molecule has 1 heterocycles. The molecule has 108 valence electrons. The molecule has 0 saturated carbocycles. The maximum atomic E-state index is 10.3. The van der Waals surface area contributed by atoms with Crippen LogP contribution in [0.25, 0.3) is 22.3 Å². The van der Waals surface area contributed by atoms with E-state index in [0.29, 0.717) is 6.61 Å². The molecule has 4 rings (SSSR count). The van der Waals surface area contributed by atoms with Crippen LogP contribution in [-0.4, -0.2) is 5.11 Å². The third kappa shape index (κ3) is 2.13. The Labute approximate surface area is 129 Å². The van der Waals surface area contributed by atoms with Crippen molar-refractivity contribution in [3.8, 4) is 22.3 Å². The lowest BCUT2D eigenvalue weighted by Gasteiger charge is -2.14. The molecule has 0 fully saturated rings. The molecule has 0 unspecified atom stereocenters. The summed E-state index contributed by atoms with van der Waals surface area (Å²) in [7, 11) is 0. The van der Waals surface area contributed by atoms with Gasteiger partial charge in [-0.2, -0.15) is 0 Å². The maximum absolute atomic E-state index is 10.3. The largest absolute Gasteiger partial charge is 0.364 e. The standard InChI is InChI=1S/C20H16O2/c21-20-19-17(15-9-5-2-6-10-15)12-11-16(18(19)13-22-20)14-7-3-1-4-8-14/h1-12,20-21H,13H2/t20-/m0/s1. The van der Waals surface area contributed by atoms with Gasteiger partial charge in [0.15, 0.2) is 6.29 Å². The van der Waals surface area contributed by atoms with Crippen LogP contribution in [0.4, 0.5) is 0 Å². The minimum atomic E-state index is -0.853.